The summed E-state index contributed by atoms with van der Waals surface area (Å²) in [6, 6.07) is 1.57. The summed E-state index contributed by atoms with van der Waals surface area (Å²) in [5.74, 6) is 1.58. The fourth-order valence-corrected chi connectivity index (χ4v) is 2.90. The van der Waals surface area contributed by atoms with Crippen LogP contribution in [0.1, 0.15) is 39.5 Å². The Kier molecular flexibility index (Phi) is 6.02. The van der Waals surface area contributed by atoms with Crippen LogP contribution in [0.15, 0.2) is 0 Å². The van der Waals surface area contributed by atoms with Gasteiger partial charge in [-0.05, 0) is 38.8 Å². The fraction of sp³-hybridized carbons (Fsp3) is 1.00. The van der Waals surface area contributed by atoms with Crippen molar-refractivity contribution in [2.24, 2.45) is 5.92 Å². The highest BCUT2D eigenvalue weighted by molar-refractivity contribution is 7.80. The zero-order valence-electron chi connectivity index (χ0n) is 10.4. The van der Waals surface area contributed by atoms with Gasteiger partial charge in [-0.2, -0.15) is 12.6 Å². The van der Waals surface area contributed by atoms with Gasteiger partial charge in [0.15, 0.2) is 0 Å². The van der Waals surface area contributed by atoms with Gasteiger partial charge < -0.3 is 10.2 Å². The zero-order chi connectivity index (χ0) is 11.3. The standard InChI is InChI=1S/C12H26N2S/c1-10(2)12-6-4-5-11(14(12)3)7-8-13-9-15/h10-13,15H,4-9H2,1-3H3/t11-,12?/m0/s1. The molecule has 0 bridgehead atoms. The first kappa shape index (κ1) is 13.3. The van der Waals surface area contributed by atoms with Gasteiger partial charge in [0.2, 0.25) is 0 Å². The molecule has 2 atom stereocenters. The van der Waals surface area contributed by atoms with Gasteiger partial charge >= 0.3 is 0 Å². The summed E-state index contributed by atoms with van der Waals surface area (Å²) in [6.07, 6.45) is 5.41. The van der Waals surface area contributed by atoms with Gasteiger partial charge in [-0.1, -0.05) is 20.3 Å². The zero-order valence-corrected chi connectivity index (χ0v) is 11.3. The van der Waals surface area contributed by atoms with E-state index >= 15 is 0 Å². The molecule has 90 valence electrons. The van der Waals surface area contributed by atoms with Gasteiger partial charge in [0, 0.05) is 18.0 Å². The van der Waals surface area contributed by atoms with Crippen molar-refractivity contribution in [1.29, 1.82) is 0 Å². The quantitative estimate of drug-likeness (QED) is 0.428. The second kappa shape index (κ2) is 6.77. The lowest BCUT2D eigenvalue weighted by molar-refractivity contribution is 0.0792. The molecular weight excluding hydrogens is 204 g/mol. The third-order valence-corrected chi connectivity index (χ3v) is 3.90. The Balaban J connectivity index is 2.36. The van der Waals surface area contributed by atoms with Crippen LogP contribution in [0.25, 0.3) is 0 Å². The number of nitrogens with zero attached hydrogens (tertiary/aromatic N) is 1. The molecule has 1 aliphatic heterocycles. The van der Waals surface area contributed by atoms with Crippen LogP contribution in [0.3, 0.4) is 0 Å². The minimum Gasteiger partial charge on any atom is -0.308 e. The molecule has 1 heterocycles. The molecule has 0 saturated carbocycles. The molecule has 1 fully saturated rings. The van der Waals surface area contributed by atoms with Crippen molar-refractivity contribution >= 4 is 12.6 Å². The highest BCUT2D eigenvalue weighted by atomic mass is 32.1. The van der Waals surface area contributed by atoms with E-state index in [0.29, 0.717) is 0 Å². The Morgan fingerprint density at radius 3 is 2.73 bits per heavy atom. The van der Waals surface area contributed by atoms with Crippen LogP contribution < -0.4 is 5.32 Å². The van der Waals surface area contributed by atoms with Crippen molar-refractivity contribution in [2.45, 2.75) is 51.6 Å². The van der Waals surface area contributed by atoms with Crippen molar-refractivity contribution in [3.63, 3.8) is 0 Å². The predicted molar refractivity (Wildman–Crippen MR) is 70.5 cm³/mol. The van der Waals surface area contributed by atoms with Crippen LogP contribution in [-0.2, 0) is 0 Å². The van der Waals surface area contributed by atoms with Gasteiger partial charge in [0.1, 0.15) is 0 Å². The first-order valence-corrected chi connectivity index (χ1v) is 6.83. The smallest absolute Gasteiger partial charge is 0.0387 e. The Labute approximate surface area is 100 Å². The topological polar surface area (TPSA) is 15.3 Å². The van der Waals surface area contributed by atoms with E-state index in [2.05, 4.69) is 43.7 Å². The summed E-state index contributed by atoms with van der Waals surface area (Å²) in [7, 11) is 2.30. The average molecular weight is 230 g/mol. The second-order valence-electron chi connectivity index (χ2n) is 5.01. The number of hydrogen-bond acceptors (Lipinski definition) is 3. The van der Waals surface area contributed by atoms with Gasteiger partial charge in [-0.15, -0.1) is 0 Å². The molecule has 0 aliphatic carbocycles. The lowest BCUT2D eigenvalue weighted by Crippen LogP contribution is -2.47. The average Bonchev–Trinajstić information content (AvgIpc) is 2.20. The van der Waals surface area contributed by atoms with Crippen molar-refractivity contribution < 1.29 is 0 Å². The first-order chi connectivity index (χ1) is 7.16. The van der Waals surface area contributed by atoms with Crippen molar-refractivity contribution in [1.82, 2.24) is 10.2 Å². The van der Waals surface area contributed by atoms with Crippen LogP contribution in [-0.4, -0.2) is 36.5 Å². The number of piperidine rings is 1. The number of thiol groups is 1. The third-order valence-electron chi connectivity index (χ3n) is 3.67. The molecule has 0 spiro atoms. The molecular formula is C12H26N2S. The molecule has 1 rings (SSSR count). The lowest BCUT2D eigenvalue weighted by atomic mass is 9.88. The number of likely N-dealkylation sites (tertiary alicyclic amines) is 1. The van der Waals surface area contributed by atoms with Gasteiger partial charge in [-0.25, -0.2) is 0 Å². The Bertz CT molecular complexity index is 173. The highest BCUT2D eigenvalue weighted by Crippen LogP contribution is 2.27. The van der Waals surface area contributed by atoms with Crippen LogP contribution in [0.2, 0.25) is 0 Å². The summed E-state index contributed by atoms with van der Waals surface area (Å²) < 4.78 is 0. The molecule has 0 aromatic carbocycles. The fourth-order valence-electron chi connectivity index (χ4n) is 2.74. The molecule has 0 radical (unpaired) electrons. The molecule has 15 heavy (non-hydrogen) atoms. The maximum atomic E-state index is 4.17. The molecule has 0 aromatic heterocycles. The van der Waals surface area contributed by atoms with E-state index in [1.165, 1.54) is 25.7 Å². The molecule has 1 saturated heterocycles. The SMILES string of the molecule is CC(C)C1CCC[C@@H](CCNCS)N1C. The van der Waals surface area contributed by atoms with Crippen LogP contribution in [0.5, 0.6) is 0 Å². The summed E-state index contributed by atoms with van der Waals surface area (Å²) in [5, 5.41) is 3.30. The summed E-state index contributed by atoms with van der Waals surface area (Å²) in [6.45, 7) is 5.79. The van der Waals surface area contributed by atoms with Crippen molar-refractivity contribution in [3.8, 4) is 0 Å². The van der Waals surface area contributed by atoms with E-state index in [1.807, 2.05) is 0 Å². The molecule has 2 nitrogen and oxygen atoms in total. The molecule has 0 aromatic rings. The number of rotatable bonds is 5. The molecule has 1 unspecified atom stereocenters. The number of hydrogen-bond donors (Lipinski definition) is 2. The van der Waals surface area contributed by atoms with Gasteiger partial charge in [-0.3, -0.25) is 0 Å². The predicted octanol–water partition coefficient (Wildman–Crippen LogP) is 2.36. The summed E-state index contributed by atoms with van der Waals surface area (Å²) >= 11 is 4.17. The Morgan fingerprint density at radius 1 is 1.40 bits per heavy atom. The van der Waals surface area contributed by atoms with E-state index in [-0.39, 0.29) is 0 Å². The van der Waals surface area contributed by atoms with Gasteiger partial charge in [0.25, 0.3) is 0 Å². The lowest BCUT2D eigenvalue weighted by Gasteiger charge is -2.42. The molecule has 1 N–H and O–H groups in total. The molecule has 0 amide bonds. The first-order valence-electron chi connectivity index (χ1n) is 6.20. The largest absolute Gasteiger partial charge is 0.308 e. The minimum atomic E-state index is 0.776. The summed E-state index contributed by atoms with van der Waals surface area (Å²) in [4.78, 5) is 2.61. The van der Waals surface area contributed by atoms with E-state index < -0.39 is 0 Å². The van der Waals surface area contributed by atoms with Crippen LogP contribution >= 0.6 is 12.6 Å². The Hall–Kier alpha value is 0.270. The number of nitrogens with one attached hydrogen (secondary N) is 1. The molecule has 3 heteroatoms. The maximum Gasteiger partial charge on any atom is 0.0387 e. The van der Waals surface area contributed by atoms with Crippen LogP contribution in [0.4, 0.5) is 0 Å². The van der Waals surface area contributed by atoms with E-state index in [9.17, 15) is 0 Å². The summed E-state index contributed by atoms with van der Waals surface area (Å²) in [5.41, 5.74) is 0. The van der Waals surface area contributed by atoms with Gasteiger partial charge in [0.05, 0.1) is 0 Å². The van der Waals surface area contributed by atoms with Crippen LogP contribution in [0, 0.1) is 5.92 Å². The molecule has 1 aliphatic rings. The minimum absolute atomic E-state index is 0.776. The monoisotopic (exact) mass is 230 g/mol. The maximum absolute atomic E-state index is 4.17. The van der Waals surface area contributed by atoms with Crippen molar-refractivity contribution in [3.05, 3.63) is 0 Å². The van der Waals surface area contributed by atoms with E-state index in [0.717, 1.165) is 30.4 Å². The third kappa shape index (κ3) is 3.97. The normalized spacial score (nSPS) is 28.6. The van der Waals surface area contributed by atoms with Crippen molar-refractivity contribution in [2.75, 3.05) is 19.5 Å². The second-order valence-corrected chi connectivity index (χ2v) is 5.32. The Morgan fingerprint density at radius 2 is 2.13 bits per heavy atom. The van der Waals surface area contributed by atoms with E-state index in [4.69, 9.17) is 0 Å². The van der Waals surface area contributed by atoms with E-state index in [1.54, 1.807) is 0 Å². The highest BCUT2D eigenvalue weighted by Gasteiger charge is 2.28.